The quantitative estimate of drug-likeness (QED) is 0.395. The van der Waals surface area contributed by atoms with Gasteiger partial charge in [-0.15, -0.1) is 0 Å². The van der Waals surface area contributed by atoms with E-state index in [-0.39, 0.29) is 17.2 Å². The molecule has 1 fully saturated rings. The highest BCUT2D eigenvalue weighted by Crippen LogP contribution is 2.32. The summed E-state index contributed by atoms with van der Waals surface area (Å²) >= 11 is 6.68. The van der Waals surface area contributed by atoms with E-state index in [0.29, 0.717) is 40.9 Å². The van der Waals surface area contributed by atoms with Crippen LogP contribution in [-0.2, 0) is 11.3 Å². The number of hydrogen-bond donors (Lipinski definition) is 1. The zero-order chi connectivity index (χ0) is 25.4. The number of aryl methyl sites for hydroxylation is 2. The van der Waals surface area contributed by atoms with Crippen LogP contribution in [0, 0.1) is 6.92 Å². The highest BCUT2D eigenvalue weighted by atomic mass is 35.5. The van der Waals surface area contributed by atoms with E-state index in [4.69, 9.17) is 21.3 Å². The third-order valence-corrected chi connectivity index (χ3v) is 6.80. The summed E-state index contributed by atoms with van der Waals surface area (Å²) in [5, 5.41) is 4.67. The Bertz CT molecular complexity index is 1500. The fourth-order valence-corrected chi connectivity index (χ4v) is 5.03. The Morgan fingerprint density at radius 2 is 2.00 bits per heavy atom. The van der Waals surface area contributed by atoms with Crippen LogP contribution in [0.4, 0.5) is 5.95 Å². The predicted octanol–water partition coefficient (Wildman–Crippen LogP) is 5.27. The second-order valence-electron chi connectivity index (χ2n) is 9.76. The van der Waals surface area contributed by atoms with Gasteiger partial charge in [-0.25, -0.2) is 9.97 Å². The van der Waals surface area contributed by atoms with Crippen molar-refractivity contribution in [1.29, 1.82) is 0 Å². The van der Waals surface area contributed by atoms with Gasteiger partial charge in [0.25, 0.3) is 5.56 Å². The maximum absolute atomic E-state index is 13.5. The van der Waals surface area contributed by atoms with Crippen molar-refractivity contribution in [2.24, 2.45) is 0 Å². The number of hydrogen-bond acceptors (Lipinski definition) is 7. The molecular formula is C27H29ClN6O2. The zero-order valence-electron chi connectivity index (χ0n) is 20.9. The first kappa shape index (κ1) is 24.3. The van der Waals surface area contributed by atoms with Gasteiger partial charge in [-0.05, 0) is 52.7 Å². The van der Waals surface area contributed by atoms with Gasteiger partial charge in [0.2, 0.25) is 5.95 Å². The second-order valence-corrected chi connectivity index (χ2v) is 10.2. The lowest BCUT2D eigenvalue weighted by molar-refractivity contribution is -0.0553. The Morgan fingerprint density at radius 1 is 1.17 bits per heavy atom. The fourth-order valence-electron chi connectivity index (χ4n) is 4.75. The number of rotatable bonds is 5. The topological polar surface area (TPSA) is 94.8 Å². The first-order chi connectivity index (χ1) is 17.2. The van der Waals surface area contributed by atoms with E-state index in [2.05, 4.69) is 34.1 Å². The minimum Gasteiger partial charge on any atom is -0.375 e. The summed E-state index contributed by atoms with van der Waals surface area (Å²) in [5.74, 6) is 0.515. The van der Waals surface area contributed by atoms with Gasteiger partial charge in [0.1, 0.15) is 5.65 Å². The van der Waals surface area contributed by atoms with Gasteiger partial charge in [-0.3, -0.25) is 14.3 Å². The molecule has 186 valence electrons. The lowest BCUT2D eigenvalue weighted by Crippen LogP contribution is -2.40. The van der Waals surface area contributed by atoms with Crippen molar-refractivity contribution >= 4 is 28.6 Å². The van der Waals surface area contributed by atoms with Crippen LogP contribution in [0.25, 0.3) is 33.4 Å². The summed E-state index contributed by atoms with van der Waals surface area (Å²) in [4.78, 5) is 31.5. The molecule has 5 rings (SSSR count). The molecule has 0 bridgehead atoms. The van der Waals surface area contributed by atoms with E-state index in [9.17, 15) is 4.79 Å². The Kier molecular flexibility index (Phi) is 6.49. The summed E-state index contributed by atoms with van der Waals surface area (Å²) in [6.45, 7) is 9.16. The SMILES string of the molecule is CCn1c(=O)c(-c2ccc(-c3cncc(C)n3)cc2Cl)cc2cnc(NC3CCOC(C)(C)C3)nc21. The molecule has 1 saturated heterocycles. The molecule has 3 aromatic heterocycles. The molecular weight excluding hydrogens is 476 g/mol. The summed E-state index contributed by atoms with van der Waals surface area (Å²) in [6, 6.07) is 7.61. The minimum atomic E-state index is -0.187. The van der Waals surface area contributed by atoms with Crippen LogP contribution in [0.15, 0.2) is 47.7 Å². The molecule has 0 amide bonds. The molecule has 9 heteroatoms. The number of benzene rings is 1. The average molecular weight is 505 g/mol. The van der Waals surface area contributed by atoms with Crippen LogP contribution in [0.5, 0.6) is 0 Å². The molecule has 1 aromatic carbocycles. The third kappa shape index (κ3) is 4.83. The molecule has 0 saturated carbocycles. The number of fused-ring (bicyclic) bond motifs is 1. The van der Waals surface area contributed by atoms with E-state index in [0.717, 1.165) is 35.2 Å². The largest absolute Gasteiger partial charge is 0.375 e. The number of halogens is 1. The van der Waals surface area contributed by atoms with Crippen LogP contribution >= 0.6 is 11.6 Å². The number of pyridine rings is 1. The Labute approximate surface area is 214 Å². The molecule has 0 aliphatic carbocycles. The van der Waals surface area contributed by atoms with Crippen molar-refractivity contribution in [3.8, 4) is 22.4 Å². The molecule has 1 aliphatic rings. The van der Waals surface area contributed by atoms with Gasteiger partial charge in [0.05, 0.1) is 23.2 Å². The maximum Gasteiger partial charge on any atom is 0.260 e. The van der Waals surface area contributed by atoms with Crippen molar-refractivity contribution in [2.75, 3.05) is 11.9 Å². The molecule has 36 heavy (non-hydrogen) atoms. The van der Waals surface area contributed by atoms with Gasteiger partial charge in [0.15, 0.2) is 0 Å². The minimum absolute atomic E-state index is 0.146. The van der Waals surface area contributed by atoms with Crippen LogP contribution < -0.4 is 10.9 Å². The number of ether oxygens (including phenoxy) is 1. The Hall–Kier alpha value is -3.36. The third-order valence-electron chi connectivity index (χ3n) is 6.48. The standard InChI is InChI=1S/C27H29ClN6O2/c1-5-34-24-18(14-30-26(33-24)32-19-8-9-36-27(3,4)12-19)10-21(25(34)35)20-7-6-17(11-22(20)28)23-15-29-13-16(2)31-23/h6-7,10-11,13-15,19H,5,8-9,12H2,1-4H3,(H,30,32,33). The molecule has 1 N–H and O–H groups in total. The molecule has 1 aliphatic heterocycles. The van der Waals surface area contributed by atoms with E-state index in [1.54, 1.807) is 23.2 Å². The zero-order valence-corrected chi connectivity index (χ0v) is 21.6. The van der Waals surface area contributed by atoms with Gasteiger partial charge < -0.3 is 10.1 Å². The van der Waals surface area contributed by atoms with Crippen molar-refractivity contribution < 1.29 is 4.74 Å². The van der Waals surface area contributed by atoms with Crippen LogP contribution in [0.1, 0.15) is 39.3 Å². The lowest BCUT2D eigenvalue weighted by atomic mass is 9.94. The van der Waals surface area contributed by atoms with Crippen molar-refractivity contribution in [3.63, 3.8) is 0 Å². The molecule has 4 heterocycles. The molecule has 0 spiro atoms. The van der Waals surface area contributed by atoms with Gasteiger partial charge in [-0.2, -0.15) is 4.98 Å². The van der Waals surface area contributed by atoms with Gasteiger partial charge in [-0.1, -0.05) is 23.7 Å². The summed E-state index contributed by atoms with van der Waals surface area (Å²) in [6.07, 6.45) is 6.90. The second kappa shape index (κ2) is 9.59. The Morgan fingerprint density at radius 3 is 2.72 bits per heavy atom. The van der Waals surface area contributed by atoms with Crippen LogP contribution in [0.2, 0.25) is 5.02 Å². The van der Waals surface area contributed by atoms with Crippen LogP contribution in [-0.4, -0.2) is 42.8 Å². The Balaban J connectivity index is 1.51. The molecule has 4 aromatic rings. The van der Waals surface area contributed by atoms with E-state index < -0.39 is 0 Å². The number of nitrogens with one attached hydrogen (secondary N) is 1. The molecule has 8 nitrogen and oxygen atoms in total. The summed E-state index contributed by atoms with van der Waals surface area (Å²) < 4.78 is 7.48. The lowest BCUT2D eigenvalue weighted by Gasteiger charge is -2.35. The highest BCUT2D eigenvalue weighted by molar-refractivity contribution is 6.33. The number of aromatic nitrogens is 5. The normalized spacial score (nSPS) is 17.3. The van der Waals surface area contributed by atoms with E-state index in [1.807, 2.05) is 38.1 Å². The van der Waals surface area contributed by atoms with Crippen molar-refractivity contribution in [3.05, 3.63) is 63.9 Å². The number of nitrogens with zero attached hydrogens (tertiary/aromatic N) is 5. The van der Waals surface area contributed by atoms with Crippen molar-refractivity contribution in [1.82, 2.24) is 24.5 Å². The fraction of sp³-hybridized carbons (Fsp3) is 0.370. The average Bonchev–Trinajstić information content (AvgIpc) is 2.83. The van der Waals surface area contributed by atoms with Gasteiger partial charge in [0, 0.05) is 58.7 Å². The summed E-state index contributed by atoms with van der Waals surface area (Å²) in [5.41, 5.74) is 3.82. The number of anilines is 1. The monoisotopic (exact) mass is 504 g/mol. The predicted molar refractivity (Wildman–Crippen MR) is 142 cm³/mol. The molecule has 0 radical (unpaired) electrons. The van der Waals surface area contributed by atoms with E-state index >= 15 is 0 Å². The highest BCUT2D eigenvalue weighted by Gasteiger charge is 2.29. The first-order valence-corrected chi connectivity index (χ1v) is 12.5. The van der Waals surface area contributed by atoms with Crippen molar-refractivity contribution in [2.45, 2.75) is 58.7 Å². The maximum atomic E-state index is 13.5. The first-order valence-electron chi connectivity index (χ1n) is 12.1. The molecule has 1 unspecified atom stereocenters. The van der Waals surface area contributed by atoms with E-state index in [1.165, 1.54) is 0 Å². The summed E-state index contributed by atoms with van der Waals surface area (Å²) in [7, 11) is 0. The smallest absolute Gasteiger partial charge is 0.260 e. The van der Waals surface area contributed by atoms with Gasteiger partial charge >= 0.3 is 0 Å². The van der Waals surface area contributed by atoms with Crippen LogP contribution in [0.3, 0.4) is 0 Å². The molecule has 1 atom stereocenters.